The van der Waals surface area contributed by atoms with Crippen molar-refractivity contribution in [2.24, 2.45) is 5.92 Å². The molecular weight excluding hydrogens is 178 g/mol. The van der Waals surface area contributed by atoms with Crippen molar-refractivity contribution in [3.63, 3.8) is 0 Å². The van der Waals surface area contributed by atoms with Crippen molar-refractivity contribution in [2.75, 3.05) is 0 Å². The largest absolute Gasteiger partial charge is 0.481 e. The van der Waals surface area contributed by atoms with Crippen LogP contribution in [0, 0.1) is 17.2 Å². The number of halogens is 1. The Kier molecular flexibility index (Phi) is 2.72. The molecule has 4 heteroatoms. The summed E-state index contributed by atoms with van der Waals surface area (Å²) in [5.41, 5.74) is 0.426. The van der Waals surface area contributed by atoms with Crippen LogP contribution in [0.15, 0.2) is 10.6 Å². The van der Waals surface area contributed by atoms with Crippen molar-refractivity contribution in [3.05, 3.63) is 10.6 Å². The van der Waals surface area contributed by atoms with Gasteiger partial charge in [-0.15, -0.1) is 0 Å². The van der Waals surface area contributed by atoms with E-state index < -0.39 is 11.9 Å². The standard InChI is InChI=1S/C8H8ClNO2/c9-7-2-1-5(8(11)12)3-6(7)4-10/h5H,1-3H2,(H,11,12). The summed E-state index contributed by atoms with van der Waals surface area (Å²) in [5, 5.41) is 17.8. The molecule has 1 rings (SSSR count). The minimum Gasteiger partial charge on any atom is -0.481 e. The molecule has 0 fully saturated rings. The van der Waals surface area contributed by atoms with Gasteiger partial charge in [-0.05, 0) is 19.3 Å². The van der Waals surface area contributed by atoms with Crippen LogP contribution in [0.5, 0.6) is 0 Å². The lowest BCUT2D eigenvalue weighted by atomic mass is 9.89. The second-order valence-corrected chi connectivity index (χ2v) is 3.23. The molecule has 3 nitrogen and oxygen atoms in total. The highest BCUT2D eigenvalue weighted by Gasteiger charge is 2.25. The van der Waals surface area contributed by atoms with Gasteiger partial charge in [0.2, 0.25) is 0 Å². The van der Waals surface area contributed by atoms with Crippen LogP contribution in [0.25, 0.3) is 0 Å². The Morgan fingerprint density at radius 3 is 2.92 bits per heavy atom. The first-order valence-corrected chi connectivity index (χ1v) is 4.03. The number of nitriles is 1. The van der Waals surface area contributed by atoms with E-state index in [1.807, 2.05) is 6.07 Å². The Balaban J connectivity index is 2.76. The molecule has 64 valence electrons. The fraction of sp³-hybridized carbons (Fsp3) is 0.500. The third kappa shape index (κ3) is 1.77. The van der Waals surface area contributed by atoms with Crippen LogP contribution < -0.4 is 0 Å². The first-order valence-electron chi connectivity index (χ1n) is 3.65. The predicted molar refractivity (Wildman–Crippen MR) is 43.5 cm³/mol. The van der Waals surface area contributed by atoms with Crippen molar-refractivity contribution in [1.82, 2.24) is 0 Å². The van der Waals surface area contributed by atoms with E-state index >= 15 is 0 Å². The van der Waals surface area contributed by atoms with Crippen molar-refractivity contribution in [3.8, 4) is 6.07 Å². The minimum absolute atomic E-state index is 0.282. The summed E-state index contributed by atoms with van der Waals surface area (Å²) in [6.45, 7) is 0. The molecule has 0 bridgehead atoms. The average Bonchev–Trinajstić information content (AvgIpc) is 2.05. The molecule has 1 atom stereocenters. The van der Waals surface area contributed by atoms with Crippen LogP contribution in [0.4, 0.5) is 0 Å². The molecule has 0 aromatic rings. The molecule has 0 aliphatic heterocycles. The second kappa shape index (κ2) is 3.59. The third-order valence-electron chi connectivity index (χ3n) is 1.97. The zero-order valence-corrected chi connectivity index (χ0v) is 7.14. The minimum atomic E-state index is -0.841. The van der Waals surface area contributed by atoms with E-state index in [0.717, 1.165) is 0 Å². The fourth-order valence-corrected chi connectivity index (χ4v) is 1.46. The third-order valence-corrected chi connectivity index (χ3v) is 2.39. The quantitative estimate of drug-likeness (QED) is 0.679. The molecule has 0 spiro atoms. The summed E-state index contributed by atoms with van der Waals surface area (Å²) in [6.07, 6.45) is 1.34. The highest BCUT2D eigenvalue weighted by atomic mass is 35.5. The first kappa shape index (κ1) is 9.08. The van der Waals surface area contributed by atoms with Gasteiger partial charge in [0, 0.05) is 10.6 Å². The molecule has 1 aliphatic carbocycles. The van der Waals surface area contributed by atoms with Gasteiger partial charge in [-0.1, -0.05) is 11.6 Å². The lowest BCUT2D eigenvalue weighted by molar-refractivity contribution is -0.142. The molecular formula is C8H8ClNO2. The van der Waals surface area contributed by atoms with Gasteiger partial charge in [-0.2, -0.15) is 5.26 Å². The zero-order chi connectivity index (χ0) is 9.14. The molecule has 0 aromatic carbocycles. The van der Waals surface area contributed by atoms with E-state index in [0.29, 0.717) is 23.4 Å². The van der Waals surface area contributed by atoms with E-state index in [-0.39, 0.29) is 6.42 Å². The zero-order valence-electron chi connectivity index (χ0n) is 6.38. The van der Waals surface area contributed by atoms with Gasteiger partial charge in [0.1, 0.15) is 0 Å². The fourth-order valence-electron chi connectivity index (χ4n) is 1.23. The summed E-state index contributed by atoms with van der Waals surface area (Å²) in [4.78, 5) is 10.5. The summed E-state index contributed by atoms with van der Waals surface area (Å²) < 4.78 is 0. The van der Waals surface area contributed by atoms with E-state index in [4.69, 9.17) is 22.0 Å². The van der Waals surface area contributed by atoms with Crippen molar-refractivity contribution >= 4 is 17.6 Å². The topological polar surface area (TPSA) is 61.1 Å². The number of carboxylic acid groups (broad SMARTS) is 1. The van der Waals surface area contributed by atoms with Gasteiger partial charge >= 0.3 is 5.97 Å². The SMILES string of the molecule is N#CC1=C(Cl)CCC(C(=O)O)C1. The Morgan fingerprint density at radius 1 is 1.75 bits per heavy atom. The second-order valence-electron chi connectivity index (χ2n) is 2.77. The molecule has 0 amide bonds. The molecule has 0 saturated heterocycles. The summed E-state index contributed by atoms with van der Waals surface area (Å²) in [6, 6.07) is 1.92. The Labute approximate surface area is 75.3 Å². The summed E-state index contributed by atoms with van der Waals surface area (Å²) >= 11 is 5.72. The molecule has 1 N–H and O–H groups in total. The van der Waals surface area contributed by atoms with E-state index in [1.165, 1.54) is 0 Å². The molecule has 0 radical (unpaired) electrons. The number of hydrogen-bond acceptors (Lipinski definition) is 2. The Morgan fingerprint density at radius 2 is 2.42 bits per heavy atom. The van der Waals surface area contributed by atoms with E-state index in [9.17, 15) is 4.79 Å². The summed E-state index contributed by atoms with van der Waals surface area (Å²) in [5.74, 6) is -1.27. The Hall–Kier alpha value is -1.01. The predicted octanol–water partition coefficient (Wildman–Crippen LogP) is 1.89. The van der Waals surface area contributed by atoms with Crippen LogP contribution in [0.1, 0.15) is 19.3 Å². The average molecular weight is 186 g/mol. The smallest absolute Gasteiger partial charge is 0.306 e. The van der Waals surface area contributed by atoms with Crippen LogP contribution in [0.2, 0.25) is 0 Å². The van der Waals surface area contributed by atoms with Crippen molar-refractivity contribution in [2.45, 2.75) is 19.3 Å². The van der Waals surface area contributed by atoms with Gasteiger partial charge in [0.05, 0.1) is 12.0 Å². The highest BCUT2D eigenvalue weighted by Crippen LogP contribution is 2.31. The normalized spacial score (nSPS) is 23.5. The van der Waals surface area contributed by atoms with Gasteiger partial charge in [0.25, 0.3) is 0 Å². The number of carbonyl (C=O) groups is 1. The van der Waals surface area contributed by atoms with Gasteiger partial charge in [-0.3, -0.25) is 4.79 Å². The van der Waals surface area contributed by atoms with Crippen LogP contribution in [-0.2, 0) is 4.79 Å². The van der Waals surface area contributed by atoms with Crippen LogP contribution >= 0.6 is 11.6 Å². The maximum absolute atomic E-state index is 10.5. The van der Waals surface area contributed by atoms with E-state index in [2.05, 4.69) is 0 Å². The molecule has 1 aliphatic rings. The Bertz CT molecular complexity index is 277. The number of rotatable bonds is 1. The maximum Gasteiger partial charge on any atom is 0.306 e. The number of carboxylic acids is 1. The van der Waals surface area contributed by atoms with E-state index in [1.54, 1.807) is 0 Å². The number of aliphatic carboxylic acids is 1. The molecule has 0 saturated carbocycles. The first-order chi connectivity index (χ1) is 5.65. The molecule has 1 unspecified atom stereocenters. The van der Waals surface area contributed by atoms with Gasteiger partial charge < -0.3 is 5.11 Å². The lowest BCUT2D eigenvalue weighted by Gasteiger charge is -2.17. The van der Waals surface area contributed by atoms with Gasteiger partial charge in [-0.25, -0.2) is 0 Å². The highest BCUT2D eigenvalue weighted by molar-refractivity contribution is 6.30. The maximum atomic E-state index is 10.5. The van der Waals surface area contributed by atoms with Crippen molar-refractivity contribution in [1.29, 1.82) is 5.26 Å². The molecule has 0 heterocycles. The monoisotopic (exact) mass is 185 g/mol. The van der Waals surface area contributed by atoms with Gasteiger partial charge in [0.15, 0.2) is 0 Å². The summed E-state index contributed by atoms with van der Waals surface area (Å²) in [7, 11) is 0. The molecule has 0 aromatic heterocycles. The lowest BCUT2D eigenvalue weighted by Crippen LogP contribution is -2.17. The number of allylic oxidation sites excluding steroid dienone is 2. The van der Waals surface area contributed by atoms with Crippen molar-refractivity contribution < 1.29 is 9.90 Å². The number of nitrogens with zero attached hydrogens (tertiary/aromatic N) is 1. The molecule has 12 heavy (non-hydrogen) atoms. The number of hydrogen-bond donors (Lipinski definition) is 1. The van der Waals surface area contributed by atoms with Crippen LogP contribution in [0.3, 0.4) is 0 Å². The van der Waals surface area contributed by atoms with Crippen LogP contribution in [-0.4, -0.2) is 11.1 Å².